The molecule has 0 amide bonds. The Kier molecular flexibility index (Phi) is 4.39. The predicted molar refractivity (Wildman–Crippen MR) is 85.8 cm³/mol. The zero-order valence-electron chi connectivity index (χ0n) is 12.7. The van der Waals surface area contributed by atoms with Crippen LogP contribution in [-0.2, 0) is 7.05 Å². The molecule has 0 unspecified atom stereocenters. The summed E-state index contributed by atoms with van der Waals surface area (Å²) in [6, 6.07) is 7.93. The molecule has 106 valence electrons. The monoisotopic (exact) mass is 287 g/mol. The molecule has 20 heavy (non-hydrogen) atoms. The zero-order valence-corrected chi connectivity index (χ0v) is 13.9. The van der Waals surface area contributed by atoms with E-state index >= 15 is 0 Å². The van der Waals surface area contributed by atoms with Crippen molar-refractivity contribution >= 4 is 20.4 Å². The Bertz CT molecular complexity index is 632. The lowest BCUT2D eigenvalue weighted by molar-refractivity contribution is 0.582. The molecule has 0 N–H and O–H groups in total. The summed E-state index contributed by atoms with van der Waals surface area (Å²) < 4.78 is 7.79. The molecule has 0 saturated heterocycles. The molecule has 0 fully saturated rings. The summed E-state index contributed by atoms with van der Waals surface area (Å²) >= 11 is 0. The molecule has 0 aliphatic heterocycles. The van der Waals surface area contributed by atoms with Gasteiger partial charge in [0.25, 0.3) is 0 Å². The number of hydrogen-bond donors (Lipinski definition) is 0. The van der Waals surface area contributed by atoms with E-state index in [-0.39, 0.29) is 0 Å². The average molecular weight is 287 g/mol. The van der Waals surface area contributed by atoms with E-state index in [9.17, 15) is 0 Å². The number of nitrogens with zero attached hydrogens (tertiary/aromatic N) is 3. The van der Waals surface area contributed by atoms with Crippen LogP contribution in [0.4, 0.5) is 5.69 Å². The molecule has 0 atom stereocenters. The van der Waals surface area contributed by atoms with Crippen LogP contribution in [0.2, 0.25) is 13.1 Å². The van der Waals surface area contributed by atoms with Gasteiger partial charge in [-0.3, -0.25) is 4.68 Å². The van der Waals surface area contributed by atoms with E-state index in [4.69, 9.17) is 9.42 Å². The van der Waals surface area contributed by atoms with Crippen molar-refractivity contribution in [2.45, 2.75) is 26.9 Å². The summed E-state index contributed by atoms with van der Waals surface area (Å²) in [4.78, 5) is 4.72. The lowest BCUT2D eigenvalue weighted by Gasteiger charge is -2.12. The second kappa shape index (κ2) is 6.05. The van der Waals surface area contributed by atoms with E-state index in [1.807, 2.05) is 56.0 Å². The number of rotatable bonds is 4. The fourth-order valence-corrected chi connectivity index (χ4v) is 2.71. The summed E-state index contributed by atoms with van der Waals surface area (Å²) in [5, 5.41) is 4.26. The molecule has 0 aliphatic rings. The first-order valence-electron chi connectivity index (χ1n) is 6.79. The Morgan fingerprint density at radius 2 is 2.00 bits per heavy atom. The topological polar surface area (TPSA) is 39.4 Å². The van der Waals surface area contributed by atoms with Crippen LogP contribution in [0.15, 0.2) is 35.5 Å². The number of aromatic nitrogens is 2. The van der Waals surface area contributed by atoms with E-state index in [0.717, 1.165) is 28.4 Å². The minimum atomic E-state index is -1.14. The maximum Gasteiger partial charge on any atom is 0.229 e. The van der Waals surface area contributed by atoms with Gasteiger partial charge >= 0.3 is 0 Å². The van der Waals surface area contributed by atoms with Gasteiger partial charge in [-0.15, -0.1) is 0 Å². The van der Waals surface area contributed by atoms with Crippen LogP contribution in [0.3, 0.4) is 0 Å². The summed E-state index contributed by atoms with van der Waals surface area (Å²) in [6.45, 7) is 8.36. The van der Waals surface area contributed by atoms with Gasteiger partial charge in [0.1, 0.15) is 11.4 Å². The smallest absolute Gasteiger partial charge is 0.229 e. The van der Waals surface area contributed by atoms with Crippen LogP contribution in [0, 0.1) is 6.92 Å². The Morgan fingerprint density at radius 1 is 1.30 bits per heavy atom. The molecule has 4 nitrogen and oxygen atoms in total. The van der Waals surface area contributed by atoms with Crippen molar-refractivity contribution in [2.24, 2.45) is 12.0 Å². The molecule has 1 heterocycles. The van der Waals surface area contributed by atoms with Gasteiger partial charge in [-0.1, -0.05) is 12.1 Å². The number of hydrogen-bond acceptors (Lipinski definition) is 3. The van der Waals surface area contributed by atoms with E-state index in [2.05, 4.69) is 18.2 Å². The molecule has 0 saturated carbocycles. The molecule has 1 aromatic carbocycles. The first-order valence-corrected chi connectivity index (χ1v) is 9.57. The van der Waals surface area contributed by atoms with Crippen molar-refractivity contribution in [1.29, 1.82) is 0 Å². The molecule has 1 aromatic heterocycles. The molecular formula is C15H21N3OSi. The van der Waals surface area contributed by atoms with Crippen LogP contribution in [-0.4, -0.2) is 24.5 Å². The quantitative estimate of drug-likeness (QED) is 0.640. The molecule has 0 radical (unpaired) electrons. The Balaban J connectivity index is 2.37. The highest BCUT2D eigenvalue weighted by molar-refractivity contribution is 6.49. The third kappa shape index (κ3) is 3.16. The van der Waals surface area contributed by atoms with Gasteiger partial charge in [-0.05, 0) is 39.1 Å². The Hall–Kier alpha value is -1.88. The van der Waals surface area contributed by atoms with Gasteiger partial charge in [0.15, 0.2) is 0 Å². The molecule has 0 aliphatic carbocycles. The molecular weight excluding hydrogens is 266 g/mol. The maximum atomic E-state index is 5.93. The normalized spacial score (nSPS) is 12.0. The van der Waals surface area contributed by atoms with Crippen molar-refractivity contribution in [1.82, 2.24) is 9.78 Å². The summed E-state index contributed by atoms with van der Waals surface area (Å²) in [5.74, 6) is 0.870. The zero-order chi connectivity index (χ0) is 14.7. The third-order valence-corrected chi connectivity index (χ3v) is 3.87. The molecule has 2 aromatic rings. The van der Waals surface area contributed by atoms with Crippen molar-refractivity contribution in [2.75, 3.05) is 0 Å². The largest absolute Gasteiger partial charge is 0.546 e. The van der Waals surface area contributed by atoms with Crippen LogP contribution in [0.5, 0.6) is 5.75 Å². The highest BCUT2D eigenvalue weighted by atomic mass is 28.3. The lowest BCUT2D eigenvalue weighted by atomic mass is 10.2. The van der Waals surface area contributed by atoms with Crippen molar-refractivity contribution in [3.63, 3.8) is 0 Å². The van der Waals surface area contributed by atoms with Crippen molar-refractivity contribution in [3.05, 3.63) is 41.7 Å². The number of aryl methyl sites for hydroxylation is 1. The fraction of sp³-hybridized carbons (Fsp3) is 0.333. The molecule has 2 rings (SSSR count). The van der Waals surface area contributed by atoms with Gasteiger partial charge in [0, 0.05) is 24.0 Å². The minimum Gasteiger partial charge on any atom is -0.546 e. The van der Waals surface area contributed by atoms with E-state index in [0.29, 0.717) is 0 Å². The van der Waals surface area contributed by atoms with Crippen LogP contribution in [0.25, 0.3) is 0 Å². The second-order valence-electron chi connectivity index (χ2n) is 5.10. The van der Waals surface area contributed by atoms with Crippen molar-refractivity contribution in [3.8, 4) is 5.75 Å². The third-order valence-electron chi connectivity index (χ3n) is 3.14. The van der Waals surface area contributed by atoms with Crippen LogP contribution in [0.1, 0.15) is 18.2 Å². The van der Waals surface area contributed by atoms with Gasteiger partial charge < -0.3 is 4.43 Å². The highest BCUT2D eigenvalue weighted by Gasteiger charge is 2.09. The number of aliphatic imine (C=N–C) groups is 1. The first-order chi connectivity index (χ1) is 9.49. The van der Waals surface area contributed by atoms with E-state index < -0.39 is 9.04 Å². The van der Waals surface area contributed by atoms with E-state index in [1.54, 1.807) is 0 Å². The first kappa shape index (κ1) is 14.5. The summed E-state index contributed by atoms with van der Waals surface area (Å²) in [7, 11) is 0.802. The standard InChI is InChI=1S/C15H21N3OSi/c1-11(13-10-16-18(3)12(13)2)17-14-8-6-7-9-15(14)19-20(4)5/h6-10,20H,1-5H3. The van der Waals surface area contributed by atoms with Gasteiger partial charge in [0.05, 0.1) is 6.20 Å². The van der Waals surface area contributed by atoms with Gasteiger partial charge in [0.2, 0.25) is 9.04 Å². The number of benzene rings is 1. The van der Waals surface area contributed by atoms with Gasteiger partial charge in [-0.25, -0.2) is 4.99 Å². The molecule has 0 bridgehead atoms. The van der Waals surface area contributed by atoms with E-state index in [1.165, 1.54) is 0 Å². The second-order valence-corrected chi connectivity index (χ2v) is 7.43. The summed E-state index contributed by atoms with van der Waals surface area (Å²) in [5.41, 5.74) is 4.03. The molecule has 5 heteroatoms. The Labute approximate surface area is 121 Å². The maximum absolute atomic E-state index is 5.93. The fourth-order valence-electron chi connectivity index (χ4n) is 2.00. The lowest BCUT2D eigenvalue weighted by Crippen LogP contribution is -2.11. The molecule has 0 spiro atoms. The highest BCUT2D eigenvalue weighted by Crippen LogP contribution is 2.28. The van der Waals surface area contributed by atoms with Crippen molar-refractivity contribution < 1.29 is 4.43 Å². The Morgan fingerprint density at radius 3 is 2.60 bits per heavy atom. The minimum absolute atomic E-state index is 0.870. The SMILES string of the molecule is CC(=Nc1ccccc1O[SiH](C)C)c1cnn(C)c1C. The number of para-hydroxylation sites is 2. The van der Waals surface area contributed by atoms with Gasteiger partial charge in [-0.2, -0.15) is 5.10 Å². The summed E-state index contributed by atoms with van der Waals surface area (Å²) in [6.07, 6.45) is 1.86. The van der Waals surface area contributed by atoms with Crippen LogP contribution < -0.4 is 4.43 Å². The average Bonchev–Trinajstić information content (AvgIpc) is 2.72. The van der Waals surface area contributed by atoms with Crippen LogP contribution >= 0.6 is 0 Å². The predicted octanol–water partition coefficient (Wildman–Crippen LogP) is 3.23.